The molecule has 6 heteroatoms. The molecule has 1 aromatic heterocycles. The van der Waals surface area contributed by atoms with Gasteiger partial charge >= 0.3 is 0 Å². The summed E-state index contributed by atoms with van der Waals surface area (Å²) >= 11 is 0. The Labute approximate surface area is 87.8 Å². The number of rotatable bonds is 2. The van der Waals surface area contributed by atoms with E-state index in [0.717, 1.165) is 25.9 Å². The van der Waals surface area contributed by atoms with E-state index in [4.69, 9.17) is 5.73 Å². The number of amides is 1. The number of nitrogen functional groups attached to an aromatic ring is 1. The van der Waals surface area contributed by atoms with E-state index in [1.807, 2.05) is 5.01 Å². The number of aromatic nitrogens is 2. The summed E-state index contributed by atoms with van der Waals surface area (Å²) in [4.78, 5) is 11.7. The topological polar surface area (TPSA) is 87.0 Å². The number of nitrogens with one attached hydrogen (secondary N) is 2. The lowest BCUT2D eigenvalue weighted by Crippen LogP contribution is -2.45. The third kappa shape index (κ3) is 2.27. The number of hydrazine groups is 1. The molecule has 82 valence electrons. The fraction of sp³-hybridized carbons (Fsp3) is 0.556. The highest BCUT2D eigenvalue weighted by Crippen LogP contribution is 2.09. The molecule has 1 aromatic rings. The first-order valence-electron chi connectivity index (χ1n) is 5.12. The molecular weight excluding hydrogens is 194 g/mol. The Kier molecular flexibility index (Phi) is 2.86. The number of carbonyl (C=O) groups is 1. The first-order valence-corrected chi connectivity index (χ1v) is 5.12. The van der Waals surface area contributed by atoms with Gasteiger partial charge in [0.2, 0.25) is 0 Å². The average Bonchev–Trinajstić information content (AvgIpc) is 2.66. The van der Waals surface area contributed by atoms with Gasteiger partial charge in [0.15, 0.2) is 0 Å². The summed E-state index contributed by atoms with van der Waals surface area (Å²) in [5.74, 6) is 0.118. The predicted molar refractivity (Wildman–Crippen MR) is 55.9 cm³/mol. The molecule has 1 fully saturated rings. The fourth-order valence-corrected chi connectivity index (χ4v) is 1.69. The van der Waals surface area contributed by atoms with Crippen molar-refractivity contribution in [3.8, 4) is 0 Å². The van der Waals surface area contributed by atoms with Gasteiger partial charge in [-0.2, -0.15) is 5.10 Å². The molecule has 0 aliphatic carbocycles. The lowest BCUT2D eigenvalue weighted by atomic mass is 10.2. The molecule has 4 N–H and O–H groups in total. The Bertz CT molecular complexity index is 342. The number of hydrogen-bond donors (Lipinski definition) is 3. The van der Waals surface area contributed by atoms with Crippen LogP contribution in [0, 0.1) is 0 Å². The summed E-state index contributed by atoms with van der Waals surface area (Å²) in [6.07, 6.45) is 4.93. The molecule has 0 bridgehead atoms. The zero-order valence-electron chi connectivity index (χ0n) is 8.49. The highest BCUT2D eigenvalue weighted by atomic mass is 16.2. The normalized spacial score (nSPS) is 17.6. The second kappa shape index (κ2) is 4.31. The van der Waals surface area contributed by atoms with Crippen molar-refractivity contribution in [3.05, 3.63) is 11.8 Å². The van der Waals surface area contributed by atoms with Crippen molar-refractivity contribution >= 4 is 11.7 Å². The second-order valence-corrected chi connectivity index (χ2v) is 3.69. The van der Waals surface area contributed by atoms with E-state index in [0.29, 0.717) is 11.4 Å². The standard InChI is InChI=1S/C9H15N5O/c10-8-7(6-11-12-8)9(15)13-14-4-2-1-3-5-14/h6H,1-5H2,(H,13,15)(H3,10,11,12). The van der Waals surface area contributed by atoms with E-state index in [1.165, 1.54) is 12.6 Å². The highest BCUT2D eigenvalue weighted by Gasteiger charge is 2.16. The average molecular weight is 209 g/mol. The van der Waals surface area contributed by atoms with Gasteiger partial charge in [-0.1, -0.05) is 6.42 Å². The largest absolute Gasteiger partial charge is 0.383 e. The van der Waals surface area contributed by atoms with Crippen LogP contribution in [-0.2, 0) is 0 Å². The van der Waals surface area contributed by atoms with E-state index in [9.17, 15) is 4.79 Å². The fourth-order valence-electron chi connectivity index (χ4n) is 1.69. The van der Waals surface area contributed by atoms with E-state index in [2.05, 4.69) is 15.6 Å². The Morgan fingerprint density at radius 2 is 2.20 bits per heavy atom. The van der Waals surface area contributed by atoms with Crippen molar-refractivity contribution in [2.45, 2.75) is 19.3 Å². The molecule has 0 atom stereocenters. The number of anilines is 1. The van der Waals surface area contributed by atoms with E-state index >= 15 is 0 Å². The number of nitrogens with zero attached hydrogens (tertiary/aromatic N) is 2. The Morgan fingerprint density at radius 3 is 2.80 bits per heavy atom. The van der Waals surface area contributed by atoms with Crippen LogP contribution < -0.4 is 11.2 Å². The lowest BCUT2D eigenvalue weighted by molar-refractivity contribution is 0.0751. The first-order chi connectivity index (χ1) is 7.27. The van der Waals surface area contributed by atoms with Gasteiger partial charge in [-0.05, 0) is 12.8 Å². The van der Waals surface area contributed by atoms with Gasteiger partial charge < -0.3 is 5.73 Å². The Balaban J connectivity index is 1.94. The van der Waals surface area contributed by atoms with Crippen LogP contribution in [-0.4, -0.2) is 34.2 Å². The van der Waals surface area contributed by atoms with Crippen molar-refractivity contribution in [1.29, 1.82) is 0 Å². The zero-order chi connectivity index (χ0) is 10.7. The Morgan fingerprint density at radius 1 is 1.47 bits per heavy atom. The van der Waals surface area contributed by atoms with Gasteiger partial charge in [-0.15, -0.1) is 0 Å². The smallest absolute Gasteiger partial charge is 0.270 e. The van der Waals surface area contributed by atoms with Crippen LogP contribution in [0.25, 0.3) is 0 Å². The maximum Gasteiger partial charge on any atom is 0.270 e. The minimum absolute atomic E-state index is 0.192. The molecule has 0 saturated carbocycles. The number of hydrogen-bond acceptors (Lipinski definition) is 4. The van der Waals surface area contributed by atoms with Crippen molar-refractivity contribution < 1.29 is 4.79 Å². The maximum absolute atomic E-state index is 11.7. The van der Waals surface area contributed by atoms with Crippen LogP contribution in [0.3, 0.4) is 0 Å². The van der Waals surface area contributed by atoms with E-state index in [-0.39, 0.29) is 5.91 Å². The number of nitrogens with two attached hydrogens (primary N) is 1. The van der Waals surface area contributed by atoms with Gasteiger partial charge in [0.25, 0.3) is 5.91 Å². The molecule has 1 amide bonds. The van der Waals surface area contributed by atoms with Crippen LogP contribution >= 0.6 is 0 Å². The molecule has 0 radical (unpaired) electrons. The van der Waals surface area contributed by atoms with Gasteiger partial charge in [0.05, 0.1) is 6.20 Å². The van der Waals surface area contributed by atoms with Crippen molar-refractivity contribution in [2.24, 2.45) is 0 Å². The molecule has 0 aromatic carbocycles. The summed E-state index contributed by atoms with van der Waals surface area (Å²) in [6.45, 7) is 1.81. The summed E-state index contributed by atoms with van der Waals surface area (Å²) in [7, 11) is 0. The summed E-state index contributed by atoms with van der Waals surface area (Å²) in [5.41, 5.74) is 8.77. The first kappa shape index (κ1) is 9.97. The predicted octanol–water partition coefficient (Wildman–Crippen LogP) is 0.123. The molecule has 0 spiro atoms. The number of piperidine rings is 1. The SMILES string of the molecule is Nc1[nH]ncc1C(=O)NN1CCCCC1. The molecule has 2 heterocycles. The Hall–Kier alpha value is -1.56. The third-order valence-corrected chi connectivity index (χ3v) is 2.53. The minimum Gasteiger partial charge on any atom is -0.383 e. The summed E-state index contributed by atoms with van der Waals surface area (Å²) in [6, 6.07) is 0. The second-order valence-electron chi connectivity index (χ2n) is 3.69. The molecule has 0 unspecified atom stereocenters. The van der Waals surface area contributed by atoms with Crippen molar-refractivity contribution in [3.63, 3.8) is 0 Å². The maximum atomic E-state index is 11.7. The van der Waals surface area contributed by atoms with Gasteiger partial charge in [-0.25, -0.2) is 5.01 Å². The van der Waals surface area contributed by atoms with Crippen LogP contribution in [0.4, 0.5) is 5.82 Å². The highest BCUT2D eigenvalue weighted by molar-refractivity contribution is 5.97. The summed E-state index contributed by atoms with van der Waals surface area (Å²) in [5, 5.41) is 8.17. The lowest BCUT2D eigenvalue weighted by Gasteiger charge is -2.26. The van der Waals surface area contributed by atoms with Crippen LogP contribution in [0.5, 0.6) is 0 Å². The third-order valence-electron chi connectivity index (χ3n) is 2.53. The van der Waals surface area contributed by atoms with E-state index in [1.54, 1.807) is 0 Å². The van der Waals surface area contributed by atoms with Crippen LogP contribution in [0.15, 0.2) is 6.20 Å². The molecule has 1 aliphatic heterocycles. The van der Waals surface area contributed by atoms with Crippen LogP contribution in [0.2, 0.25) is 0 Å². The van der Waals surface area contributed by atoms with Gasteiger partial charge in [0, 0.05) is 13.1 Å². The molecule has 1 aliphatic rings. The van der Waals surface area contributed by atoms with Gasteiger partial charge in [-0.3, -0.25) is 15.3 Å². The monoisotopic (exact) mass is 209 g/mol. The quantitative estimate of drug-likeness (QED) is 0.645. The molecule has 15 heavy (non-hydrogen) atoms. The molecular formula is C9H15N5O. The van der Waals surface area contributed by atoms with E-state index < -0.39 is 0 Å². The van der Waals surface area contributed by atoms with Crippen molar-refractivity contribution in [2.75, 3.05) is 18.8 Å². The van der Waals surface area contributed by atoms with Crippen molar-refractivity contribution in [1.82, 2.24) is 20.6 Å². The van der Waals surface area contributed by atoms with Crippen LogP contribution in [0.1, 0.15) is 29.6 Å². The van der Waals surface area contributed by atoms with Gasteiger partial charge in [0.1, 0.15) is 11.4 Å². The minimum atomic E-state index is -0.192. The number of H-pyrrole nitrogens is 1. The zero-order valence-corrected chi connectivity index (χ0v) is 8.49. The molecule has 1 saturated heterocycles. The summed E-state index contributed by atoms with van der Waals surface area (Å²) < 4.78 is 0. The number of aromatic amines is 1. The number of carbonyl (C=O) groups excluding carboxylic acids is 1. The molecule has 6 nitrogen and oxygen atoms in total. The molecule has 2 rings (SSSR count).